The first kappa shape index (κ1) is 19.6. The maximum absolute atomic E-state index is 6.01. The van der Waals surface area contributed by atoms with E-state index in [1.165, 1.54) is 11.5 Å². The average molecular weight is 456 g/mol. The zero-order valence-electron chi connectivity index (χ0n) is 15.0. The van der Waals surface area contributed by atoms with E-state index in [4.69, 9.17) is 34.8 Å². The molecule has 1 aromatic carbocycles. The molecule has 1 aliphatic heterocycles. The molecular weight excluding hydrogens is 439 g/mol. The van der Waals surface area contributed by atoms with Crippen molar-refractivity contribution >= 4 is 57.8 Å². The molecule has 0 aliphatic carbocycles. The standard InChI is InChI=1S/C18H17Cl3N6S/c1-12-22-17(28-25-12)15-5-6-16(24-23-15)27-9-7-26(8-10-27)14-4-2-3-13(11-14)18(19,20)21/h2-6,11H,7-10H2,1H3. The molecule has 0 spiro atoms. The highest BCUT2D eigenvalue weighted by Crippen LogP contribution is 2.39. The molecule has 1 saturated heterocycles. The minimum absolute atomic E-state index is 0.672. The summed E-state index contributed by atoms with van der Waals surface area (Å²) >= 11 is 19.4. The molecule has 0 saturated carbocycles. The number of nitrogens with zero attached hydrogens (tertiary/aromatic N) is 6. The summed E-state index contributed by atoms with van der Waals surface area (Å²) in [6.45, 7) is 5.24. The van der Waals surface area contributed by atoms with Gasteiger partial charge in [0.2, 0.25) is 3.79 Å². The predicted molar refractivity (Wildman–Crippen MR) is 116 cm³/mol. The third kappa shape index (κ3) is 4.33. The highest BCUT2D eigenvalue weighted by molar-refractivity contribution is 7.09. The van der Waals surface area contributed by atoms with Gasteiger partial charge in [-0.3, -0.25) is 0 Å². The average Bonchev–Trinajstić information content (AvgIpc) is 3.14. The Morgan fingerprint density at radius 3 is 2.32 bits per heavy atom. The molecule has 146 valence electrons. The van der Waals surface area contributed by atoms with Gasteiger partial charge in [0.05, 0.1) is 0 Å². The molecule has 4 rings (SSSR count). The molecule has 0 unspecified atom stereocenters. The number of anilines is 2. The number of rotatable bonds is 3. The molecule has 0 N–H and O–H groups in total. The van der Waals surface area contributed by atoms with E-state index in [0.717, 1.165) is 54.2 Å². The van der Waals surface area contributed by atoms with Crippen LogP contribution in [0.1, 0.15) is 11.4 Å². The van der Waals surface area contributed by atoms with Gasteiger partial charge in [-0.2, -0.15) is 4.37 Å². The normalized spacial score (nSPS) is 15.1. The first-order valence-electron chi connectivity index (χ1n) is 8.72. The topological polar surface area (TPSA) is 58.0 Å². The van der Waals surface area contributed by atoms with Crippen LogP contribution in [0.15, 0.2) is 36.4 Å². The largest absolute Gasteiger partial charge is 0.368 e. The van der Waals surface area contributed by atoms with Gasteiger partial charge >= 0.3 is 0 Å². The van der Waals surface area contributed by atoms with E-state index in [9.17, 15) is 0 Å². The smallest absolute Gasteiger partial charge is 0.216 e. The minimum atomic E-state index is -1.42. The SMILES string of the molecule is Cc1nsc(-c2ccc(N3CCN(c4cccc(C(Cl)(Cl)Cl)c4)CC3)nn2)n1. The molecule has 3 heterocycles. The second-order valence-corrected chi connectivity index (χ2v) is 9.48. The maximum atomic E-state index is 6.01. The zero-order valence-corrected chi connectivity index (χ0v) is 18.1. The first-order chi connectivity index (χ1) is 13.4. The summed E-state index contributed by atoms with van der Waals surface area (Å²) in [4.78, 5) is 8.85. The van der Waals surface area contributed by atoms with Crippen molar-refractivity contribution < 1.29 is 0 Å². The summed E-state index contributed by atoms with van der Waals surface area (Å²) < 4.78 is 2.77. The van der Waals surface area contributed by atoms with Crippen LogP contribution in [0.4, 0.5) is 11.5 Å². The Kier molecular flexibility index (Phi) is 5.60. The summed E-state index contributed by atoms with van der Waals surface area (Å²) in [6.07, 6.45) is 0. The van der Waals surface area contributed by atoms with Crippen LogP contribution in [0.2, 0.25) is 0 Å². The number of halogens is 3. The van der Waals surface area contributed by atoms with Crippen LogP contribution in [-0.2, 0) is 3.79 Å². The van der Waals surface area contributed by atoms with E-state index in [1.807, 2.05) is 43.3 Å². The van der Waals surface area contributed by atoms with Crippen LogP contribution in [0.25, 0.3) is 10.7 Å². The summed E-state index contributed by atoms with van der Waals surface area (Å²) in [5.41, 5.74) is 2.47. The van der Waals surface area contributed by atoms with E-state index in [0.29, 0.717) is 5.56 Å². The number of piperazine rings is 1. The molecule has 10 heteroatoms. The molecule has 2 aromatic heterocycles. The predicted octanol–water partition coefficient (Wildman–Crippen LogP) is 4.46. The van der Waals surface area contributed by atoms with Crippen LogP contribution in [0, 0.1) is 6.92 Å². The van der Waals surface area contributed by atoms with Crippen molar-refractivity contribution in [3.05, 3.63) is 47.8 Å². The van der Waals surface area contributed by atoms with Crippen LogP contribution in [0.5, 0.6) is 0 Å². The van der Waals surface area contributed by atoms with Gasteiger partial charge in [0.25, 0.3) is 0 Å². The van der Waals surface area contributed by atoms with E-state index in [2.05, 4.69) is 29.4 Å². The fraction of sp³-hybridized carbons (Fsp3) is 0.333. The van der Waals surface area contributed by atoms with E-state index < -0.39 is 3.79 Å². The van der Waals surface area contributed by atoms with Crippen molar-refractivity contribution in [3.8, 4) is 10.7 Å². The monoisotopic (exact) mass is 454 g/mol. The molecule has 0 amide bonds. The number of hydrogen-bond donors (Lipinski definition) is 0. The van der Waals surface area contributed by atoms with E-state index >= 15 is 0 Å². The van der Waals surface area contributed by atoms with Crippen molar-refractivity contribution in [2.75, 3.05) is 36.0 Å². The lowest BCUT2D eigenvalue weighted by Gasteiger charge is -2.36. The molecule has 3 aromatic rings. The number of alkyl halides is 3. The Bertz CT molecular complexity index is 948. The fourth-order valence-corrected chi connectivity index (χ4v) is 4.07. The van der Waals surface area contributed by atoms with Gasteiger partial charge in [0.15, 0.2) is 10.8 Å². The van der Waals surface area contributed by atoms with Gasteiger partial charge in [-0.25, -0.2) is 4.98 Å². The van der Waals surface area contributed by atoms with Gasteiger partial charge in [0.1, 0.15) is 11.5 Å². The van der Waals surface area contributed by atoms with Crippen molar-refractivity contribution in [1.82, 2.24) is 19.6 Å². The second kappa shape index (κ2) is 7.99. The fourth-order valence-electron chi connectivity index (χ4n) is 3.08. The molecule has 1 fully saturated rings. The van der Waals surface area contributed by atoms with Gasteiger partial charge in [-0.05, 0) is 42.7 Å². The lowest BCUT2D eigenvalue weighted by molar-refractivity contribution is 0.643. The Balaban J connectivity index is 1.42. The zero-order chi connectivity index (χ0) is 19.7. The van der Waals surface area contributed by atoms with Crippen LogP contribution in [0.3, 0.4) is 0 Å². The third-order valence-electron chi connectivity index (χ3n) is 4.54. The molecule has 0 radical (unpaired) electrons. The number of aromatic nitrogens is 4. The summed E-state index contributed by atoms with van der Waals surface area (Å²) in [6, 6.07) is 11.6. The molecule has 0 atom stereocenters. The van der Waals surface area contributed by atoms with Crippen molar-refractivity contribution in [1.29, 1.82) is 0 Å². The van der Waals surface area contributed by atoms with E-state index in [-0.39, 0.29) is 0 Å². The van der Waals surface area contributed by atoms with Gasteiger partial charge in [0, 0.05) is 37.4 Å². The summed E-state index contributed by atoms with van der Waals surface area (Å²) in [5.74, 6) is 1.61. The molecule has 1 aliphatic rings. The number of aryl methyl sites for hydroxylation is 1. The van der Waals surface area contributed by atoms with Crippen LogP contribution in [-0.4, -0.2) is 45.7 Å². The summed E-state index contributed by atoms with van der Waals surface area (Å²) in [5, 5.41) is 9.48. The Morgan fingerprint density at radius 2 is 1.71 bits per heavy atom. The number of hydrogen-bond acceptors (Lipinski definition) is 7. The molecule has 28 heavy (non-hydrogen) atoms. The highest BCUT2D eigenvalue weighted by Gasteiger charge is 2.25. The third-order valence-corrected chi connectivity index (χ3v) is 6.02. The Hall–Kier alpha value is -1.67. The Morgan fingerprint density at radius 1 is 0.964 bits per heavy atom. The maximum Gasteiger partial charge on any atom is 0.216 e. The van der Waals surface area contributed by atoms with E-state index in [1.54, 1.807) is 0 Å². The van der Waals surface area contributed by atoms with Crippen molar-refractivity contribution in [2.24, 2.45) is 0 Å². The van der Waals surface area contributed by atoms with Gasteiger partial charge in [-0.15, -0.1) is 10.2 Å². The lowest BCUT2D eigenvalue weighted by atomic mass is 10.2. The van der Waals surface area contributed by atoms with Crippen molar-refractivity contribution in [2.45, 2.75) is 10.7 Å². The van der Waals surface area contributed by atoms with Gasteiger partial charge < -0.3 is 9.80 Å². The molecular formula is C18H17Cl3N6S. The number of benzene rings is 1. The molecule has 0 bridgehead atoms. The van der Waals surface area contributed by atoms with Crippen LogP contribution < -0.4 is 9.80 Å². The lowest BCUT2D eigenvalue weighted by Crippen LogP contribution is -2.47. The Labute approximate surface area is 182 Å². The minimum Gasteiger partial charge on any atom is -0.368 e. The quantitative estimate of drug-likeness (QED) is 0.544. The summed E-state index contributed by atoms with van der Waals surface area (Å²) in [7, 11) is 0. The highest BCUT2D eigenvalue weighted by atomic mass is 35.6. The van der Waals surface area contributed by atoms with Gasteiger partial charge in [-0.1, -0.05) is 46.9 Å². The first-order valence-corrected chi connectivity index (χ1v) is 10.6. The van der Waals surface area contributed by atoms with Crippen molar-refractivity contribution in [3.63, 3.8) is 0 Å². The molecule has 6 nitrogen and oxygen atoms in total. The van der Waals surface area contributed by atoms with Crippen LogP contribution >= 0.6 is 46.3 Å². The second-order valence-electron chi connectivity index (χ2n) is 6.45.